The van der Waals surface area contributed by atoms with Crippen LogP contribution in [-0.2, 0) is 4.79 Å². The van der Waals surface area contributed by atoms with Crippen LogP contribution >= 0.6 is 0 Å². The van der Waals surface area contributed by atoms with Crippen molar-refractivity contribution in [1.29, 1.82) is 0 Å². The van der Waals surface area contributed by atoms with Crippen LogP contribution in [0.4, 0.5) is 0 Å². The summed E-state index contributed by atoms with van der Waals surface area (Å²) in [5, 5.41) is 3.06. The smallest absolute Gasteiger partial charge is 0.237 e. The van der Waals surface area contributed by atoms with Crippen LogP contribution in [0.2, 0.25) is 0 Å². The molecule has 2 atom stereocenters. The minimum Gasteiger partial charge on any atom is -0.497 e. The molecule has 20 heavy (non-hydrogen) atoms. The molecule has 0 saturated heterocycles. The summed E-state index contributed by atoms with van der Waals surface area (Å²) in [6, 6.07) is 7.36. The number of amides is 1. The van der Waals surface area contributed by atoms with Crippen molar-refractivity contribution in [2.24, 2.45) is 11.7 Å². The highest BCUT2D eigenvalue weighted by Crippen LogP contribution is 2.41. The molecule has 1 saturated carbocycles. The third-order valence-electron chi connectivity index (χ3n) is 3.62. The van der Waals surface area contributed by atoms with Gasteiger partial charge in [0.25, 0.3) is 0 Å². The number of nitrogens with one attached hydrogen (secondary N) is 1. The number of ether oxygens (including phenoxy) is 1. The SMILES string of the molecule is C=CCC(N)C(=O)NC(c1ccc(OC)cc1)C1CC1. The summed E-state index contributed by atoms with van der Waals surface area (Å²) < 4.78 is 5.16. The van der Waals surface area contributed by atoms with Crippen molar-refractivity contribution >= 4 is 5.91 Å². The lowest BCUT2D eigenvalue weighted by atomic mass is 10.0. The molecule has 0 spiro atoms. The van der Waals surface area contributed by atoms with E-state index in [9.17, 15) is 4.79 Å². The number of carbonyl (C=O) groups excluding carboxylic acids is 1. The van der Waals surface area contributed by atoms with Crippen molar-refractivity contribution in [1.82, 2.24) is 5.32 Å². The molecular weight excluding hydrogens is 252 g/mol. The van der Waals surface area contributed by atoms with Gasteiger partial charge in [0.2, 0.25) is 5.91 Å². The molecule has 4 heteroatoms. The second-order valence-corrected chi connectivity index (χ2v) is 5.23. The van der Waals surface area contributed by atoms with Crippen LogP contribution < -0.4 is 15.8 Å². The molecule has 1 fully saturated rings. The van der Waals surface area contributed by atoms with Gasteiger partial charge < -0.3 is 15.8 Å². The number of nitrogens with two attached hydrogens (primary N) is 1. The Bertz CT molecular complexity index is 466. The molecule has 4 nitrogen and oxygen atoms in total. The second-order valence-electron chi connectivity index (χ2n) is 5.23. The topological polar surface area (TPSA) is 64.4 Å². The molecule has 0 radical (unpaired) electrons. The molecule has 0 heterocycles. The Labute approximate surface area is 120 Å². The van der Waals surface area contributed by atoms with E-state index in [4.69, 9.17) is 10.5 Å². The number of carbonyl (C=O) groups is 1. The molecule has 0 aromatic heterocycles. The fraction of sp³-hybridized carbons (Fsp3) is 0.438. The summed E-state index contributed by atoms with van der Waals surface area (Å²) >= 11 is 0. The van der Waals surface area contributed by atoms with Gasteiger partial charge in [-0.05, 0) is 42.9 Å². The van der Waals surface area contributed by atoms with Gasteiger partial charge in [-0.25, -0.2) is 0 Å². The van der Waals surface area contributed by atoms with Crippen molar-refractivity contribution < 1.29 is 9.53 Å². The van der Waals surface area contributed by atoms with Gasteiger partial charge in [-0.3, -0.25) is 4.79 Å². The molecule has 108 valence electrons. The van der Waals surface area contributed by atoms with Crippen molar-refractivity contribution in [2.75, 3.05) is 7.11 Å². The van der Waals surface area contributed by atoms with E-state index in [1.165, 1.54) is 0 Å². The number of hydrogen-bond acceptors (Lipinski definition) is 3. The third kappa shape index (κ3) is 3.61. The Morgan fingerprint density at radius 1 is 1.50 bits per heavy atom. The summed E-state index contributed by atoms with van der Waals surface area (Å²) in [7, 11) is 1.64. The minimum atomic E-state index is -0.521. The Morgan fingerprint density at radius 3 is 2.65 bits per heavy atom. The van der Waals surface area contributed by atoms with Crippen LogP contribution in [0.5, 0.6) is 5.75 Å². The second kappa shape index (κ2) is 6.57. The van der Waals surface area contributed by atoms with E-state index in [2.05, 4.69) is 11.9 Å². The van der Waals surface area contributed by atoms with Gasteiger partial charge in [0.15, 0.2) is 0 Å². The Morgan fingerprint density at radius 2 is 2.15 bits per heavy atom. The van der Waals surface area contributed by atoms with Gasteiger partial charge in [0.1, 0.15) is 5.75 Å². The van der Waals surface area contributed by atoms with Crippen molar-refractivity contribution in [3.05, 3.63) is 42.5 Å². The van der Waals surface area contributed by atoms with E-state index in [1.807, 2.05) is 24.3 Å². The summed E-state index contributed by atoms with van der Waals surface area (Å²) in [5.41, 5.74) is 6.92. The fourth-order valence-electron chi connectivity index (χ4n) is 2.26. The predicted octanol–water partition coefficient (Wildman–Crippen LogP) is 2.17. The number of methoxy groups -OCH3 is 1. The molecule has 1 aliphatic carbocycles. The third-order valence-corrected chi connectivity index (χ3v) is 3.62. The van der Waals surface area contributed by atoms with Crippen LogP contribution in [-0.4, -0.2) is 19.1 Å². The van der Waals surface area contributed by atoms with Crippen LogP contribution in [0.25, 0.3) is 0 Å². The Kier molecular flexibility index (Phi) is 4.79. The van der Waals surface area contributed by atoms with E-state index < -0.39 is 6.04 Å². The number of rotatable bonds is 7. The predicted molar refractivity (Wildman–Crippen MR) is 79.4 cm³/mol. The van der Waals surface area contributed by atoms with E-state index >= 15 is 0 Å². The maximum absolute atomic E-state index is 12.1. The van der Waals surface area contributed by atoms with Crippen LogP contribution in [0.15, 0.2) is 36.9 Å². The summed E-state index contributed by atoms with van der Waals surface area (Å²) in [6.45, 7) is 3.61. The molecule has 3 N–H and O–H groups in total. The van der Waals surface area contributed by atoms with E-state index in [1.54, 1.807) is 13.2 Å². The molecule has 1 aliphatic rings. The maximum Gasteiger partial charge on any atom is 0.237 e. The van der Waals surface area contributed by atoms with E-state index in [-0.39, 0.29) is 11.9 Å². The number of benzene rings is 1. The average Bonchev–Trinajstić information content (AvgIpc) is 3.29. The van der Waals surface area contributed by atoms with Gasteiger partial charge in [-0.1, -0.05) is 18.2 Å². The Balaban J connectivity index is 2.06. The van der Waals surface area contributed by atoms with Crippen LogP contribution in [0.1, 0.15) is 30.9 Å². The highest BCUT2D eigenvalue weighted by atomic mass is 16.5. The normalized spacial score (nSPS) is 17.1. The Hall–Kier alpha value is -1.81. The number of hydrogen-bond donors (Lipinski definition) is 2. The first-order chi connectivity index (χ1) is 9.65. The van der Waals surface area contributed by atoms with Crippen LogP contribution in [0, 0.1) is 5.92 Å². The first kappa shape index (κ1) is 14.6. The highest BCUT2D eigenvalue weighted by Gasteiger charge is 2.34. The molecule has 1 aromatic rings. The van der Waals surface area contributed by atoms with Gasteiger partial charge in [-0.15, -0.1) is 6.58 Å². The molecule has 2 rings (SSSR count). The molecule has 0 bridgehead atoms. The average molecular weight is 274 g/mol. The summed E-state index contributed by atoms with van der Waals surface area (Å²) in [6.07, 6.45) is 4.46. The summed E-state index contributed by atoms with van der Waals surface area (Å²) in [4.78, 5) is 12.1. The molecule has 2 unspecified atom stereocenters. The zero-order valence-electron chi connectivity index (χ0n) is 11.8. The lowest BCUT2D eigenvalue weighted by Crippen LogP contribution is -2.42. The first-order valence-corrected chi connectivity index (χ1v) is 6.96. The van der Waals surface area contributed by atoms with Crippen molar-refractivity contribution in [2.45, 2.75) is 31.3 Å². The van der Waals surface area contributed by atoms with Gasteiger partial charge in [0, 0.05) is 0 Å². The van der Waals surface area contributed by atoms with Gasteiger partial charge >= 0.3 is 0 Å². The fourth-order valence-corrected chi connectivity index (χ4v) is 2.26. The van der Waals surface area contributed by atoms with E-state index in [0.717, 1.165) is 24.2 Å². The monoisotopic (exact) mass is 274 g/mol. The lowest BCUT2D eigenvalue weighted by Gasteiger charge is -2.21. The lowest BCUT2D eigenvalue weighted by molar-refractivity contribution is -0.123. The van der Waals surface area contributed by atoms with Crippen LogP contribution in [0.3, 0.4) is 0 Å². The maximum atomic E-state index is 12.1. The van der Waals surface area contributed by atoms with Gasteiger partial charge in [0.05, 0.1) is 19.2 Å². The van der Waals surface area contributed by atoms with E-state index in [0.29, 0.717) is 12.3 Å². The molecular formula is C16H22N2O2. The summed E-state index contributed by atoms with van der Waals surface area (Å²) in [5.74, 6) is 1.22. The first-order valence-electron chi connectivity index (χ1n) is 6.96. The van der Waals surface area contributed by atoms with Gasteiger partial charge in [-0.2, -0.15) is 0 Å². The highest BCUT2D eigenvalue weighted by molar-refractivity contribution is 5.82. The minimum absolute atomic E-state index is 0.0456. The van der Waals surface area contributed by atoms with Crippen molar-refractivity contribution in [3.8, 4) is 5.75 Å². The van der Waals surface area contributed by atoms with Crippen molar-refractivity contribution in [3.63, 3.8) is 0 Å². The largest absolute Gasteiger partial charge is 0.497 e. The quantitative estimate of drug-likeness (QED) is 0.749. The zero-order chi connectivity index (χ0) is 14.5. The zero-order valence-corrected chi connectivity index (χ0v) is 11.8. The standard InChI is InChI=1S/C16H22N2O2/c1-3-4-14(17)16(19)18-15(11-5-6-11)12-7-9-13(20-2)10-8-12/h3,7-11,14-15H,1,4-6,17H2,2H3,(H,18,19). The molecule has 0 aliphatic heterocycles. The molecule has 1 amide bonds. The molecule has 1 aromatic carbocycles.